The SMILES string of the molecule is COc1cc(C(=O)Nc2cccc(CN3CCCC3=O)c2)ccc1C. The Morgan fingerprint density at radius 3 is 2.80 bits per heavy atom. The number of carbonyl (C=O) groups excluding carboxylic acids is 2. The molecule has 1 aliphatic rings. The lowest BCUT2D eigenvalue weighted by atomic mass is 10.1. The van der Waals surface area contributed by atoms with Gasteiger partial charge >= 0.3 is 0 Å². The van der Waals surface area contributed by atoms with Crippen LogP contribution in [0.5, 0.6) is 5.75 Å². The van der Waals surface area contributed by atoms with E-state index >= 15 is 0 Å². The summed E-state index contributed by atoms with van der Waals surface area (Å²) in [6, 6.07) is 13.0. The van der Waals surface area contributed by atoms with Gasteiger partial charge in [-0.2, -0.15) is 0 Å². The summed E-state index contributed by atoms with van der Waals surface area (Å²) in [5.74, 6) is 0.697. The van der Waals surface area contributed by atoms with Gasteiger partial charge in [0.15, 0.2) is 0 Å². The zero-order valence-corrected chi connectivity index (χ0v) is 14.5. The van der Waals surface area contributed by atoms with Crippen molar-refractivity contribution in [3.8, 4) is 5.75 Å². The fourth-order valence-corrected chi connectivity index (χ4v) is 3.00. The van der Waals surface area contributed by atoms with Gasteiger partial charge < -0.3 is 15.0 Å². The van der Waals surface area contributed by atoms with Crippen LogP contribution in [0.4, 0.5) is 5.69 Å². The number of nitrogens with zero attached hydrogens (tertiary/aromatic N) is 1. The Labute approximate surface area is 147 Å². The number of aryl methyl sites for hydroxylation is 1. The molecule has 3 rings (SSSR count). The Morgan fingerprint density at radius 1 is 1.24 bits per heavy atom. The summed E-state index contributed by atoms with van der Waals surface area (Å²) in [4.78, 5) is 26.1. The standard InChI is InChI=1S/C20H22N2O3/c1-14-8-9-16(12-18(14)25-2)20(24)21-17-6-3-5-15(11-17)13-22-10-4-7-19(22)23/h3,5-6,8-9,11-12H,4,7,10,13H2,1-2H3,(H,21,24). The summed E-state index contributed by atoms with van der Waals surface area (Å²) < 4.78 is 5.27. The number of amides is 2. The highest BCUT2D eigenvalue weighted by molar-refractivity contribution is 6.04. The largest absolute Gasteiger partial charge is 0.496 e. The number of likely N-dealkylation sites (tertiary alicyclic amines) is 1. The number of anilines is 1. The third kappa shape index (κ3) is 3.99. The summed E-state index contributed by atoms with van der Waals surface area (Å²) in [6.07, 6.45) is 1.55. The molecule has 2 aromatic carbocycles. The van der Waals surface area contributed by atoms with E-state index in [0.29, 0.717) is 30.0 Å². The van der Waals surface area contributed by atoms with Gasteiger partial charge in [-0.3, -0.25) is 9.59 Å². The topological polar surface area (TPSA) is 58.6 Å². The number of nitrogens with one attached hydrogen (secondary N) is 1. The Bertz CT molecular complexity index is 801. The second-order valence-corrected chi connectivity index (χ2v) is 6.26. The molecule has 1 saturated heterocycles. The third-order valence-electron chi connectivity index (χ3n) is 4.40. The van der Waals surface area contributed by atoms with E-state index in [2.05, 4.69) is 5.32 Å². The molecule has 1 N–H and O–H groups in total. The van der Waals surface area contributed by atoms with Crippen molar-refractivity contribution in [3.05, 3.63) is 59.2 Å². The summed E-state index contributed by atoms with van der Waals surface area (Å²) in [6.45, 7) is 3.32. The molecule has 1 fully saturated rings. The van der Waals surface area contributed by atoms with Crippen LogP contribution >= 0.6 is 0 Å². The van der Waals surface area contributed by atoms with E-state index in [1.54, 1.807) is 19.2 Å². The number of benzene rings is 2. The van der Waals surface area contributed by atoms with Gasteiger partial charge in [0.05, 0.1) is 7.11 Å². The van der Waals surface area contributed by atoms with E-state index in [0.717, 1.165) is 24.1 Å². The quantitative estimate of drug-likeness (QED) is 0.909. The lowest BCUT2D eigenvalue weighted by Crippen LogP contribution is -2.23. The van der Waals surface area contributed by atoms with E-state index in [9.17, 15) is 9.59 Å². The molecule has 0 atom stereocenters. The summed E-state index contributed by atoms with van der Waals surface area (Å²) in [7, 11) is 1.59. The minimum Gasteiger partial charge on any atom is -0.496 e. The molecular weight excluding hydrogens is 316 g/mol. The van der Waals surface area contributed by atoms with Crippen molar-refractivity contribution in [1.29, 1.82) is 0 Å². The molecule has 5 heteroatoms. The maximum Gasteiger partial charge on any atom is 0.255 e. The van der Waals surface area contributed by atoms with Gasteiger partial charge in [-0.1, -0.05) is 18.2 Å². The molecule has 0 aromatic heterocycles. The van der Waals surface area contributed by atoms with Crippen LogP contribution in [-0.4, -0.2) is 30.4 Å². The van der Waals surface area contributed by atoms with Gasteiger partial charge in [-0.05, 0) is 48.7 Å². The lowest BCUT2D eigenvalue weighted by molar-refractivity contribution is -0.128. The molecule has 2 amide bonds. The number of hydrogen-bond donors (Lipinski definition) is 1. The second kappa shape index (κ2) is 7.38. The Kier molecular flexibility index (Phi) is 5.03. The van der Waals surface area contributed by atoms with Crippen LogP contribution in [0.1, 0.15) is 34.3 Å². The third-order valence-corrected chi connectivity index (χ3v) is 4.40. The molecule has 5 nitrogen and oxygen atoms in total. The Morgan fingerprint density at radius 2 is 2.08 bits per heavy atom. The van der Waals surface area contributed by atoms with Gasteiger partial charge in [0.25, 0.3) is 5.91 Å². The normalized spacial score (nSPS) is 13.8. The maximum atomic E-state index is 12.5. The summed E-state index contributed by atoms with van der Waals surface area (Å²) in [5.41, 5.74) is 3.25. The van der Waals surface area contributed by atoms with Crippen LogP contribution in [0.3, 0.4) is 0 Å². The van der Waals surface area contributed by atoms with Gasteiger partial charge in [0.2, 0.25) is 5.91 Å². The number of methoxy groups -OCH3 is 1. The van der Waals surface area contributed by atoms with Gasteiger partial charge in [-0.25, -0.2) is 0 Å². The highest BCUT2D eigenvalue weighted by atomic mass is 16.5. The van der Waals surface area contributed by atoms with Crippen LogP contribution in [0.2, 0.25) is 0 Å². The monoisotopic (exact) mass is 338 g/mol. The number of ether oxygens (including phenoxy) is 1. The van der Waals surface area contributed by atoms with E-state index in [1.165, 1.54) is 0 Å². The Hall–Kier alpha value is -2.82. The molecule has 0 saturated carbocycles. The average Bonchev–Trinajstić information content (AvgIpc) is 3.00. The minimum absolute atomic E-state index is 0.187. The first-order valence-corrected chi connectivity index (χ1v) is 8.39. The van der Waals surface area contributed by atoms with Crippen molar-refractivity contribution in [2.24, 2.45) is 0 Å². The van der Waals surface area contributed by atoms with Crippen LogP contribution in [0, 0.1) is 6.92 Å². The van der Waals surface area contributed by atoms with Crippen molar-refractivity contribution in [2.75, 3.05) is 19.0 Å². The first kappa shape index (κ1) is 17.0. The molecule has 0 bridgehead atoms. The fraction of sp³-hybridized carbons (Fsp3) is 0.300. The van der Waals surface area contributed by atoms with Crippen molar-refractivity contribution < 1.29 is 14.3 Å². The summed E-state index contributed by atoms with van der Waals surface area (Å²) in [5, 5.41) is 2.91. The zero-order valence-electron chi connectivity index (χ0n) is 14.5. The fourth-order valence-electron chi connectivity index (χ4n) is 3.00. The number of hydrogen-bond acceptors (Lipinski definition) is 3. The van der Waals surface area contributed by atoms with E-state index in [4.69, 9.17) is 4.74 Å². The first-order valence-electron chi connectivity index (χ1n) is 8.39. The number of carbonyl (C=O) groups is 2. The molecule has 0 spiro atoms. The van der Waals surface area contributed by atoms with Crippen LogP contribution in [0.25, 0.3) is 0 Å². The first-order chi connectivity index (χ1) is 12.1. The van der Waals surface area contributed by atoms with E-state index in [-0.39, 0.29) is 11.8 Å². The van der Waals surface area contributed by atoms with Gasteiger partial charge in [-0.15, -0.1) is 0 Å². The van der Waals surface area contributed by atoms with Crippen molar-refractivity contribution in [1.82, 2.24) is 4.90 Å². The van der Waals surface area contributed by atoms with Crippen LogP contribution < -0.4 is 10.1 Å². The van der Waals surface area contributed by atoms with Crippen molar-refractivity contribution >= 4 is 17.5 Å². The predicted molar refractivity (Wildman–Crippen MR) is 96.8 cm³/mol. The van der Waals surface area contributed by atoms with Crippen molar-refractivity contribution in [2.45, 2.75) is 26.3 Å². The predicted octanol–water partition coefficient (Wildman–Crippen LogP) is 3.38. The molecule has 130 valence electrons. The molecular formula is C20H22N2O3. The minimum atomic E-state index is -0.187. The lowest BCUT2D eigenvalue weighted by Gasteiger charge is -2.16. The zero-order chi connectivity index (χ0) is 17.8. The van der Waals surface area contributed by atoms with E-state index in [1.807, 2.05) is 42.2 Å². The highest BCUT2D eigenvalue weighted by Crippen LogP contribution is 2.21. The maximum absolute atomic E-state index is 12.5. The number of rotatable bonds is 5. The smallest absolute Gasteiger partial charge is 0.255 e. The Balaban J connectivity index is 1.71. The molecule has 0 unspecified atom stereocenters. The molecule has 0 aliphatic carbocycles. The van der Waals surface area contributed by atoms with Gasteiger partial charge in [0.1, 0.15) is 5.75 Å². The van der Waals surface area contributed by atoms with Crippen LogP contribution in [0.15, 0.2) is 42.5 Å². The molecule has 1 aliphatic heterocycles. The molecule has 25 heavy (non-hydrogen) atoms. The van der Waals surface area contributed by atoms with E-state index < -0.39 is 0 Å². The van der Waals surface area contributed by atoms with Crippen LogP contribution in [-0.2, 0) is 11.3 Å². The summed E-state index contributed by atoms with van der Waals surface area (Å²) >= 11 is 0. The highest BCUT2D eigenvalue weighted by Gasteiger charge is 2.20. The van der Waals surface area contributed by atoms with Gasteiger partial charge in [0, 0.05) is 30.8 Å². The molecule has 0 radical (unpaired) electrons. The molecule has 2 aromatic rings. The molecule has 1 heterocycles. The average molecular weight is 338 g/mol. The van der Waals surface area contributed by atoms with Crippen molar-refractivity contribution in [3.63, 3.8) is 0 Å². The second-order valence-electron chi connectivity index (χ2n) is 6.26.